The zero-order valence-corrected chi connectivity index (χ0v) is 28.1. The molecule has 7 aromatic carbocycles. The van der Waals surface area contributed by atoms with Crippen LogP contribution in [0.25, 0.3) is 67.2 Å². The van der Waals surface area contributed by atoms with Crippen molar-refractivity contribution in [3.05, 3.63) is 163 Å². The lowest BCUT2D eigenvalue weighted by Gasteiger charge is -2.26. The number of para-hydroxylation sites is 1. The second-order valence-corrected chi connectivity index (χ2v) is 13.7. The minimum Gasteiger partial charge on any atom is -0.449 e. The van der Waals surface area contributed by atoms with Gasteiger partial charge >= 0.3 is 0 Å². The molecule has 0 bridgehead atoms. The third-order valence-corrected chi connectivity index (χ3v) is 10.2. The SMILES string of the molecule is CC1(C)c2ccccc2-c2cc3c(cc21)Oc1cccc(-c2cccc(-c4nc(-c5ccccc5)nc(-c5ccc6ccccc6c5)n4)c2)c1O3. The largest absolute Gasteiger partial charge is 0.449 e. The Morgan fingerprint density at radius 1 is 0.392 bits per heavy atom. The Labute approximate surface area is 295 Å². The van der Waals surface area contributed by atoms with Crippen molar-refractivity contribution in [3.63, 3.8) is 0 Å². The number of ether oxygens (including phenoxy) is 2. The Morgan fingerprint density at radius 2 is 1.02 bits per heavy atom. The van der Waals surface area contributed by atoms with Crippen LogP contribution < -0.4 is 9.47 Å². The second-order valence-electron chi connectivity index (χ2n) is 13.7. The fraction of sp³-hybridized carbons (Fsp3) is 0.0652. The van der Waals surface area contributed by atoms with E-state index < -0.39 is 0 Å². The monoisotopic (exact) mass is 657 g/mol. The van der Waals surface area contributed by atoms with Crippen LogP contribution in [0.15, 0.2) is 152 Å². The number of rotatable bonds is 4. The predicted molar refractivity (Wildman–Crippen MR) is 203 cm³/mol. The number of benzene rings is 7. The van der Waals surface area contributed by atoms with E-state index in [4.69, 9.17) is 24.4 Å². The van der Waals surface area contributed by atoms with E-state index in [2.05, 4.69) is 105 Å². The first-order chi connectivity index (χ1) is 25.0. The van der Waals surface area contributed by atoms with Gasteiger partial charge in [0, 0.05) is 27.7 Å². The summed E-state index contributed by atoms with van der Waals surface area (Å²) in [5.74, 6) is 4.65. The summed E-state index contributed by atoms with van der Waals surface area (Å²) in [6.07, 6.45) is 0. The summed E-state index contributed by atoms with van der Waals surface area (Å²) in [7, 11) is 0. The molecule has 0 amide bonds. The predicted octanol–water partition coefficient (Wildman–Crippen LogP) is 11.9. The molecule has 5 nitrogen and oxygen atoms in total. The molecule has 51 heavy (non-hydrogen) atoms. The average Bonchev–Trinajstić information content (AvgIpc) is 3.41. The molecule has 2 aliphatic rings. The molecule has 8 aromatic rings. The Balaban J connectivity index is 1.06. The third kappa shape index (κ3) is 4.81. The van der Waals surface area contributed by atoms with Crippen LogP contribution in [0.4, 0.5) is 0 Å². The second kappa shape index (κ2) is 11.2. The smallest absolute Gasteiger partial charge is 0.177 e. The van der Waals surface area contributed by atoms with E-state index >= 15 is 0 Å². The van der Waals surface area contributed by atoms with Gasteiger partial charge in [-0.15, -0.1) is 0 Å². The highest BCUT2D eigenvalue weighted by molar-refractivity contribution is 5.87. The van der Waals surface area contributed by atoms with Gasteiger partial charge in [-0.05, 0) is 68.9 Å². The molecule has 2 heterocycles. The highest BCUT2D eigenvalue weighted by atomic mass is 16.6. The first-order valence-electron chi connectivity index (χ1n) is 17.2. The maximum Gasteiger partial charge on any atom is 0.177 e. The number of aromatic nitrogens is 3. The maximum atomic E-state index is 6.74. The highest BCUT2D eigenvalue weighted by Crippen LogP contribution is 2.56. The molecule has 10 rings (SSSR count). The van der Waals surface area contributed by atoms with Crippen molar-refractivity contribution < 1.29 is 9.47 Å². The number of hydrogen-bond acceptors (Lipinski definition) is 5. The van der Waals surface area contributed by atoms with E-state index in [0.717, 1.165) is 39.0 Å². The van der Waals surface area contributed by atoms with Gasteiger partial charge in [-0.25, -0.2) is 15.0 Å². The van der Waals surface area contributed by atoms with Crippen molar-refractivity contribution >= 4 is 10.8 Å². The Morgan fingerprint density at radius 3 is 1.86 bits per heavy atom. The number of fused-ring (bicyclic) bond motifs is 6. The van der Waals surface area contributed by atoms with Crippen LogP contribution in [-0.4, -0.2) is 15.0 Å². The summed E-state index contributed by atoms with van der Waals surface area (Å²) < 4.78 is 13.3. The van der Waals surface area contributed by atoms with Gasteiger partial charge in [0.2, 0.25) is 0 Å². The molecule has 0 saturated heterocycles. The lowest BCUT2D eigenvalue weighted by atomic mass is 9.82. The lowest BCUT2D eigenvalue weighted by molar-refractivity contribution is 0.360. The van der Waals surface area contributed by atoms with E-state index in [1.807, 2.05) is 60.7 Å². The Bertz CT molecular complexity index is 2680. The molecular formula is C46H31N3O2. The van der Waals surface area contributed by atoms with Crippen molar-refractivity contribution in [3.8, 4) is 79.4 Å². The summed E-state index contributed by atoms with van der Waals surface area (Å²) in [5.41, 5.74) is 9.49. The van der Waals surface area contributed by atoms with Crippen molar-refractivity contribution in [2.24, 2.45) is 0 Å². The molecule has 0 radical (unpaired) electrons. The maximum absolute atomic E-state index is 6.74. The van der Waals surface area contributed by atoms with Crippen LogP contribution in [0.3, 0.4) is 0 Å². The zero-order valence-electron chi connectivity index (χ0n) is 28.1. The average molecular weight is 658 g/mol. The Kier molecular flexibility index (Phi) is 6.46. The van der Waals surface area contributed by atoms with E-state index in [0.29, 0.717) is 34.7 Å². The van der Waals surface area contributed by atoms with Crippen LogP contribution in [0, 0.1) is 0 Å². The van der Waals surface area contributed by atoms with Crippen LogP contribution >= 0.6 is 0 Å². The molecule has 0 spiro atoms. The highest BCUT2D eigenvalue weighted by Gasteiger charge is 2.37. The van der Waals surface area contributed by atoms with Gasteiger partial charge in [0.05, 0.1) is 0 Å². The van der Waals surface area contributed by atoms with Crippen LogP contribution in [-0.2, 0) is 5.41 Å². The van der Waals surface area contributed by atoms with E-state index in [9.17, 15) is 0 Å². The van der Waals surface area contributed by atoms with Crippen LogP contribution in [0.5, 0.6) is 23.0 Å². The number of hydrogen-bond donors (Lipinski definition) is 0. The topological polar surface area (TPSA) is 57.1 Å². The van der Waals surface area contributed by atoms with Gasteiger partial charge in [-0.1, -0.05) is 135 Å². The van der Waals surface area contributed by atoms with Gasteiger partial charge in [0.25, 0.3) is 0 Å². The van der Waals surface area contributed by atoms with Crippen molar-refractivity contribution in [2.75, 3.05) is 0 Å². The van der Waals surface area contributed by atoms with E-state index in [1.54, 1.807) is 0 Å². The van der Waals surface area contributed by atoms with Crippen molar-refractivity contribution in [2.45, 2.75) is 19.3 Å². The van der Waals surface area contributed by atoms with Crippen molar-refractivity contribution in [1.29, 1.82) is 0 Å². The van der Waals surface area contributed by atoms with E-state index in [-0.39, 0.29) is 5.41 Å². The standard InChI is InChI=1S/C46H31N3O2/c1-46(2)37-20-9-8-18-35(37)36-26-40-41(27-38(36)46)50-39-21-11-19-34(42(39)51-40)31-16-10-17-32(25-31)44-47-43(29-13-4-3-5-14-29)48-45(49-44)33-23-22-28-12-6-7-15-30(28)24-33/h3-27H,1-2H3. The fourth-order valence-corrected chi connectivity index (χ4v) is 7.53. The quantitative estimate of drug-likeness (QED) is 0.188. The minimum atomic E-state index is -0.129. The molecule has 0 N–H and O–H groups in total. The summed E-state index contributed by atoms with van der Waals surface area (Å²) in [4.78, 5) is 15.0. The molecule has 1 aromatic heterocycles. The third-order valence-electron chi connectivity index (χ3n) is 10.2. The van der Waals surface area contributed by atoms with Gasteiger partial charge in [-0.3, -0.25) is 0 Å². The van der Waals surface area contributed by atoms with Gasteiger partial charge in [-0.2, -0.15) is 0 Å². The normalized spacial score (nSPS) is 13.4. The fourth-order valence-electron chi connectivity index (χ4n) is 7.53. The molecule has 0 saturated carbocycles. The van der Waals surface area contributed by atoms with Crippen LogP contribution in [0.2, 0.25) is 0 Å². The molecule has 0 fully saturated rings. The summed E-state index contributed by atoms with van der Waals surface area (Å²) in [5, 5.41) is 2.31. The molecule has 1 aliphatic heterocycles. The molecule has 242 valence electrons. The Hall–Kier alpha value is -6.59. The lowest BCUT2D eigenvalue weighted by Crippen LogP contribution is -2.15. The summed E-state index contributed by atoms with van der Waals surface area (Å²) in [6.45, 7) is 4.54. The van der Waals surface area contributed by atoms with Gasteiger partial charge in [0.1, 0.15) is 0 Å². The van der Waals surface area contributed by atoms with E-state index in [1.165, 1.54) is 27.6 Å². The first kappa shape index (κ1) is 29.3. The minimum absolute atomic E-state index is 0.129. The molecule has 5 heteroatoms. The zero-order chi connectivity index (χ0) is 34.1. The molecule has 1 aliphatic carbocycles. The summed E-state index contributed by atoms with van der Waals surface area (Å²) >= 11 is 0. The molecule has 0 atom stereocenters. The molecular weight excluding hydrogens is 627 g/mol. The van der Waals surface area contributed by atoms with Gasteiger partial charge in [0.15, 0.2) is 40.5 Å². The van der Waals surface area contributed by atoms with Crippen molar-refractivity contribution in [1.82, 2.24) is 15.0 Å². The summed E-state index contributed by atoms with van der Waals surface area (Å²) in [6, 6.07) is 51.9. The number of nitrogens with zero attached hydrogens (tertiary/aromatic N) is 3. The first-order valence-corrected chi connectivity index (χ1v) is 17.2. The van der Waals surface area contributed by atoms with Crippen LogP contribution in [0.1, 0.15) is 25.0 Å². The molecule has 0 unspecified atom stereocenters. The van der Waals surface area contributed by atoms with Gasteiger partial charge < -0.3 is 9.47 Å².